The summed E-state index contributed by atoms with van der Waals surface area (Å²) in [6.45, 7) is 0. The molecule has 1 amide bonds. The predicted octanol–water partition coefficient (Wildman–Crippen LogP) is 0.605. The summed E-state index contributed by atoms with van der Waals surface area (Å²) in [4.78, 5) is 23.9. The van der Waals surface area contributed by atoms with Crippen LogP contribution in [-0.2, 0) is 14.3 Å². The molecule has 0 saturated heterocycles. The van der Waals surface area contributed by atoms with Gasteiger partial charge in [0.05, 0.1) is 5.69 Å². The number of ether oxygens (including phenoxy) is 1. The SMILES string of the molecule is CN(C=O)c1ccccc1C1OC(N)=C(O)C1=O. The van der Waals surface area contributed by atoms with Crippen molar-refractivity contribution in [1.29, 1.82) is 0 Å². The second kappa shape index (κ2) is 4.40. The van der Waals surface area contributed by atoms with Gasteiger partial charge in [0.15, 0.2) is 6.10 Å². The van der Waals surface area contributed by atoms with Gasteiger partial charge < -0.3 is 20.5 Å². The number of nitrogens with zero attached hydrogens (tertiary/aromatic N) is 1. The number of para-hydroxylation sites is 1. The van der Waals surface area contributed by atoms with Crippen molar-refractivity contribution in [3.8, 4) is 0 Å². The van der Waals surface area contributed by atoms with Crippen LogP contribution in [0.2, 0.25) is 0 Å². The Bertz CT molecular complexity index is 539. The number of hydrogen-bond donors (Lipinski definition) is 2. The lowest BCUT2D eigenvalue weighted by molar-refractivity contribution is -0.123. The molecule has 3 N–H and O–H groups in total. The number of anilines is 1. The average Bonchev–Trinajstić information content (AvgIpc) is 2.65. The Balaban J connectivity index is 2.42. The smallest absolute Gasteiger partial charge is 0.247 e. The molecule has 1 heterocycles. The first kappa shape index (κ1) is 12.0. The first-order valence-electron chi connectivity index (χ1n) is 5.23. The molecule has 1 aliphatic rings. The maximum Gasteiger partial charge on any atom is 0.247 e. The average molecular weight is 248 g/mol. The van der Waals surface area contributed by atoms with Gasteiger partial charge in [0.1, 0.15) is 0 Å². The lowest BCUT2D eigenvalue weighted by Gasteiger charge is -2.19. The zero-order chi connectivity index (χ0) is 13.3. The Morgan fingerprint density at radius 2 is 2.11 bits per heavy atom. The van der Waals surface area contributed by atoms with Crippen molar-refractivity contribution in [2.75, 3.05) is 11.9 Å². The Hall–Kier alpha value is -2.50. The predicted molar refractivity (Wildman–Crippen MR) is 63.6 cm³/mol. The summed E-state index contributed by atoms with van der Waals surface area (Å²) >= 11 is 0. The van der Waals surface area contributed by atoms with Crippen LogP contribution in [-0.4, -0.2) is 24.3 Å². The molecule has 1 aromatic rings. The Labute approximate surface area is 103 Å². The number of nitrogens with two attached hydrogens (primary N) is 1. The molecule has 0 bridgehead atoms. The maximum absolute atomic E-state index is 11.8. The molecular formula is C12H12N2O4. The molecule has 6 heteroatoms. The lowest BCUT2D eigenvalue weighted by atomic mass is 10.0. The molecule has 6 nitrogen and oxygen atoms in total. The van der Waals surface area contributed by atoms with E-state index in [0.29, 0.717) is 17.7 Å². The van der Waals surface area contributed by atoms with E-state index in [0.717, 1.165) is 0 Å². The number of aliphatic hydroxyl groups is 1. The molecule has 1 aromatic carbocycles. The van der Waals surface area contributed by atoms with Gasteiger partial charge in [-0.25, -0.2) is 0 Å². The monoisotopic (exact) mass is 248 g/mol. The zero-order valence-electron chi connectivity index (χ0n) is 9.66. The fourth-order valence-electron chi connectivity index (χ4n) is 1.77. The second-order valence-electron chi connectivity index (χ2n) is 3.85. The van der Waals surface area contributed by atoms with Crippen molar-refractivity contribution in [2.45, 2.75) is 6.10 Å². The van der Waals surface area contributed by atoms with E-state index in [1.54, 1.807) is 31.3 Å². The number of rotatable bonds is 3. The van der Waals surface area contributed by atoms with Crippen molar-refractivity contribution in [3.05, 3.63) is 41.5 Å². The molecular weight excluding hydrogens is 236 g/mol. The quantitative estimate of drug-likeness (QED) is 0.764. The van der Waals surface area contributed by atoms with Crippen molar-refractivity contribution in [3.63, 3.8) is 0 Å². The van der Waals surface area contributed by atoms with E-state index in [-0.39, 0.29) is 5.88 Å². The van der Waals surface area contributed by atoms with Crippen LogP contribution in [0, 0.1) is 0 Å². The van der Waals surface area contributed by atoms with Gasteiger partial charge in [0.25, 0.3) is 0 Å². The fourth-order valence-corrected chi connectivity index (χ4v) is 1.77. The summed E-state index contributed by atoms with van der Waals surface area (Å²) in [7, 11) is 1.56. The maximum atomic E-state index is 11.8. The summed E-state index contributed by atoms with van der Waals surface area (Å²) in [5.41, 5.74) is 6.36. The third kappa shape index (κ3) is 1.77. The van der Waals surface area contributed by atoms with Gasteiger partial charge in [-0.05, 0) is 6.07 Å². The van der Waals surface area contributed by atoms with E-state index in [9.17, 15) is 14.7 Å². The molecule has 0 aliphatic carbocycles. The standard InChI is InChI=1S/C12H12N2O4/c1-14(6-15)8-5-3-2-4-7(8)11-9(16)10(17)12(13)18-11/h2-6,11,17H,13H2,1H3. The van der Waals surface area contributed by atoms with Crippen molar-refractivity contribution in [2.24, 2.45) is 5.73 Å². The number of carbonyl (C=O) groups is 2. The van der Waals surface area contributed by atoms with Crippen LogP contribution in [0.25, 0.3) is 0 Å². The minimum Gasteiger partial charge on any atom is -0.501 e. The Morgan fingerprint density at radius 1 is 1.44 bits per heavy atom. The zero-order valence-corrected chi connectivity index (χ0v) is 9.66. The van der Waals surface area contributed by atoms with Crippen LogP contribution in [0.4, 0.5) is 5.69 Å². The van der Waals surface area contributed by atoms with E-state index in [2.05, 4.69) is 0 Å². The number of benzene rings is 1. The van der Waals surface area contributed by atoms with Gasteiger partial charge in [-0.1, -0.05) is 18.2 Å². The molecule has 0 saturated carbocycles. The molecule has 0 aromatic heterocycles. The van der Waals surface area contributed by atoms with E-state index in [1.807, 2.05) is 0 Å². The fraction of sp³-hybridized carbons (Fsp3) is 0.167. The first-order chi connectivity index (χ1) is 8.56. The number of Topliss-reactive ketones (excluding diaryl/α,β-unsaturated/α-hetero) is 1. The van der Waals surface area contributed by atoms with Crippen LogP contribution in [0.1, 0.15) is 11.7 Å². The molecule has 1 atom stereocenters. The summed E-state index contributed by atoms with van der Waals surface area (Å²) in [5.74, 6) is -1.49. The van der Waals surface area contributed by atoms with E-state index in [4.69, 9.17) is 10.5 Å². The van der Waals surface area contributed by atoms with Gasteiger partial charge in [-0.2, -0.15) is 0 Å². The number of ketones is 1. The summed E-state index contributed by atoms with van der Waals surface area (Å²) < 4.78 is 5.12. The Morgan fingerprint density at radius 3 is 2.67 bits per heavy atom. The highest BCUT2D eigenvalue weighted by atomic mass is 16.5. The van der Waals surface area contributed by atoms with Crippen LogP contribution in [0.15, 0.2) is 35.9 Å². The number of aliphatic hydroxyl groups excluding tert-OH is 1. The van der Waals surface area contributed by atoms with Crippen LogP contribution in [0.5, 0.6) is 0 Å². The van der Waals surface area contributed by atoms with Crippen molar-refractivity contribution in [1.82, 2.24) is 0 Å². The highest BCUT2D eigenvalue weighted by Gasteiger charge is 2.36. The number of carbonyl (C=O) groups excluding carboxylic acids is 2. The molecule has 18 heavy (non-hydrogen) atoms. The molecule has 1 aliphatic heterocycles. The minimum atomic E-state index is -1.01. The van der Waals surface area contributed by atoms with Crippen LogP contribution in [0.3, 0.4) is 0 Å². The number of amides is 1. The van der Waals surface area contributed by atoms with E-state index < -0.39 is 17.6 Å². The van der Waals surface area contributed by atoms with E-state index in [1.165, 1.54) is 4.90 Å². The molecule has 0 spiro atoms. The largest absolute Gasteiger partial charge is 0.501 e. The van der Waals surface area contributed by atoms with Crippen molar-refractivity contribution < 1.29 is 19.4 Å². The third-order valence-corrected chi connectivity index (χ3v) is 2.71. The normalized spacial score (nSPS) is 18.7. The van der Waals surface area contributed by atoms with E-state index >= 15 is 0 Å². The second-order valence-corrected chi connectivity index (χ2v) is 3.85. The lowest BCUT2D eigenvalue weighted by Crippen LogP contribution is -2.19. The molecule has 2 rings (SSSR count). The summed E-state index contributed by atoms with van der Waals surface area (Å²) in [5, 5.41) is 9.38. The highest BCUT2D eigenvalue weighted by molar-refractivity contribution is 6.00. The third-order valence-electron chi connectivity index (χ3n) is 2.71. The molecule has 1 unspecified atom stereocenters. The minimum absolute atomic E-state index is 0.298. The van der Waals surface area contributed by atoms with Gasteiger partial charge in [0.2, 0.25) is 23.8 Å². The van der Waals surface area contributed by atoms with Crippen LogP contribution >= 0.6 is 0 Å². The molecule has 94 valence electrons. The van der Waals surface area contributed by atoms with Crippen molar-refractivity contribution >= 4 is 17.9 Å². The number of hydrogen-bond acceptors (Lipinski definition) is 5. The Kier molecular flexibility index (Phi) is 2.93. The van der Waals surface area contributed by atoms with Gasteiger partial charge >= 0.3 is 0 Å². The molecule has 0 radical (unpaired) electrons. The van der Waals surface area contributed by atoms with Crippen LogP contribution < -0.4 is 10.6 Å². The van der Waals surface area contributed by atoms with Gasteiger partial charge in [0, 0.05) is 12.6 Å². The topological polar surface area (TPSA) is 92.9 Å². The summed E-state index contributed by atoms with van der Waals surface area (Å²) in [6, 6.07) is 6.75. The summed E-state index contributed by atoms with van der Waals surface area (Å²) in [6.07, 6.45) is -0.391. The van der Waals surface area contributed by atoms with Gasteiger partial charge in [-0.15, -0.1) is 0 Å². The molecule has 0 fully saturated rings. The highest BCUT2D eigenvalue weighted by Crippen LogP contribution is 2.34. The first-order valence-corrected chi connectivity index (χ1v) is 5.23. The van der Waals surface area contributed by atoms with Gasteiger partial charge in [-0.3, -0.25) is 9.59 Å².